The topological polar surface area (TPSA) is 48.5 Å². The minimum Gasteiger partial charge on any atom is -0.309 e. The summed E-state index contributed by atoms with van der Waals surface area (Å²) >= 11 is 0. The van der Waals surface area contributed by atoms with Crippen molar-refractivity contribution in [2.45, 2.75) is 38.5 Å². The maximum absolute atomic E-state index is 5.55. The zero-order chi connectivity index (χ0) is 61.4. The molecule has 5 heteroatoms. The Morgan fingerprint density at radius 3 is 1.10 bits per heavy atom. The Hall–Kier alpha value is -11.5. The molecule has 0 unspecified atom stereocenters. The number of aromatic nitrogens is 5. The molecule has 5 nitrogen and oxygen atoms in total. The molecule has 0 bridgehead atoms. The molecule has 0 N–H and O–H groups in total. The van der Waals surface area contributed by atoms with Gasteiger partial charge in [-0.3, -0.25) is 0 Å². The van der Waals surface area contributed by atoms with Crippen LogP contribution in [0.15, 0.2) is 297 Å². The first kappa shape index (κ1) is 53.5. The van der Waals surface area contributed by atoms with E-state index in [1.165, 1.54) is 88.3 Å². The summed E-state index contributed by atoms with van der Waals surface area (Å²) in [7, 11) is 0. The third-order valence-electron chi connectivity index (χ3n) is 20.0. The third kappa shape index (κ3) is 8.35. The van der Waals surface area contributed by atoms with Crippen molar-refractivity contribution in [2.75, 3.05) is 0 Å². The molecule has 3 aromatic heterocycles. The Kier molecular flexibility index (Phi) is 11.9. The number of rotatable bonds is 9. The highest BCUT2D eigenvalue weighted by molar-refractivity contribution is 6.12. The lowest BCUT2D eigenvalue weighted by atomic mass is 9.81. The van der Waals surface area contributed by atoms with Crippen LogP contribution in [0.5, 0.6) is 0 Å². The number of para-hydroxylation sites is 2. The van der Waals surface area contributed by atoms with Crippen LogP contribution in [0, 0.1) is 0 Å². The standard InChI is InChI=1S/C87H61N5/c1-86(2)75-33-15-11-29-66(75)68-43-38-59(52-77(68)86)57-40-45-81-72(49-57)70-31-13-17-35-79(70)91(81)63-27-19-25-61(47-63)83-88-84(90-85(89-83)74-51-56(54-21-7-5-8-22-54)37-42-65(74)55-23-9-6-10-24-55)62-26-20-28-64(48-62)92-80-36-18-14-32-71(80)73-50-58(41-46-82(73)92)60-39-44-69-67-30-12-16-34-76(67)87(3,4)78(69)53-60/h5-53H,1-4H3. The molecule has 92 heavy (non-hydrogen) atoms. The average Bonchev–Trinajstić information content (AvgIpc) is 1.60. The van der Waals surface area contributed by atoms with Crippen LogP contribution in [0.1, 0.15) is 49.9 Å². The van der Waals surface area contributed by atoms with Gasteiger partial charge < -0.3 is 9.13 Å². The first-order valence-electron chi connectivity index (χ1n) is 31.9. The summed E-state index contributed by atoms with van der Waals surface area (Å²) in [6, 6.07) is 109. The highest BCUT2D eigenvalue weighted by Crippen LogP contribution is 2.52. The van der Waals surface area contributed by atoms with Gasteiger partial charge in [0.2, 0.25) is 0 Å². The zero-order valence-electron chi connectivity index (χ0n) is 51.5. The number of benzene rings is 13. The van der Waals surface area contributed by atoms with E-state index in [0.717, 1.165) is 72.4 Å². The fourth-order valence-corrected chi connectivity index (χ4v) is 15.4. The quantitative estimate of drug-likeness (QED) is 0.145. The molecule has 18 rings (SSSR count). The summed E-state index contributed by atoms with van der Waals surface area (Å²) in [5, 5.41) is 4.78. The molecule has 0 fully saturated rings. The predicted octanol–water partition coefficient (Wildman–Crippen LogP) is 22.3. The molecule has 0 spiro atoms. The van der Waals surface area contributed by atoms with Crippen LogP contribution in [0.3, 0.4) is 0 Å². The monoisotopic (exact) mass is 1180 g/mol. The Morgan fingerprint density at radius 2 is 0.587 bits per heavy atom. The van der Waals surface area contributed by atoms with E-state index in [0.29, 0.717) is 17.5 Å². The molecule has 13 aromatic carbocycles. The summed E-state index contributed by atoms with van der Waals surface area (Å²) < 4.78 is 4.79. The summed E-state index contributed by atoms with van der Waals surface area (Å²) in [5.41, 5.74) is 29.0. The molecule has 2 aliphatic carbocycles. The van der Waals surface area contributed by atoms with Gasteiger partial charge in [0, 0.05) is 60.4 Å². The minimum absolute atomic E-state index is 0.0935. The van der Waals surface area contributed by atoms with Gasteiger partial charge in [0.1, 0.15) is 0 Å². The van der Waals surface area contributed by atoms with E-state index in [2.05, 4.69) is 334 Å². The maximum atomic E-state index is 5.55. The van der Waals surface area contributed by atoms with Gasteiger partial charge in [-0.1, -0.05) is 246 Å². The molecular formula is C87H61N5. The van der Waals surface area contributed by atoms with Crippen molar-refractivity contribution in [3.63, 3.8) is 0 Å². The molecular weight excluding hydrogens is 1110 g/mol. The van der Waals surface area contributed by atoms with Gasteiger partial charge in [-0.2, -0.15) is 0 Å². The van der Waals surface area contributed by atoms with Gasteiger partial charge in [-0.05, 0) is 168 Å². The fraction of sp³-hybridized carbons (Fsp3) is 0.0690. The van der Waals surface area contributed by atoms with Gasteiger partial charge in [0.15, 0.2) is 17.5 Å². The second-order valence-electron chi connectivity index (χ2n) is 25.9. The van der Waals surface area contributed by atoms with Gasteiger partial charge in [-0.25, -0.2) is 15.0 Å². The minimum atomic E-state index is -0.0935. The van der Waals surface area contributed by atoms with Crippen LogP contribution in [-0.2, 0) is 10.8 Å². The molecule has 16 aromatic rings. The van der Waals surface area contributed by atoms with Crippen molar-refractivity contribution < 1.29 is 0 Å². The summed E-state index contributed by atoms with van der Waals surface area (Å²) in [4.78, 5) is 16.6. The third-order valence-corrected chi connectivity index (χ3v) is 20.0. The van der Waals surface area contributed by atoms with E-state index < -0.39 is 0 Å². The summed E-state index contributed by atoms with van der Waals surface area (Å²) in [6.45, 7) is 9.41. The smallest absolute Gasteiger partial charge is 0.164 e. The highest BCUT2D eigenvalue weighted by atomic mass is 15.0. The van der Waals surface area contributed by atoms with Crippen LogP contribution in [0.2, 0.25) is 0 Å². The van der Waals surface area contributed by atoms with Crippen LogP contribution < -0.4 is 0 Å². The molecule has 0 saturated heterocycles. The largest absolute Gasteiger partial charge is 0.309 e. The fourth-order valence-electron chi connectivity index (χ4n) is 15.4. The zero-order valence-corrected chi connectivity index (χ0v) is 51.5. The molecule has 0 amide bonds. The Labute approximate surface area is 534 Å². The van der Waals surface area contributed by atoms with E-state index in [1.807, 2.05) is 0 Å². The first-order valence-corrected chi connectivity index (χ1v) is 31.9. The normalized spacial score (nSPS) is 13.4. The molecule has 434 valence electrons. The van der Waals surface area contributed by atoms with E-state index in [1.54, 1.807) is 0 Å². The number of hydrogen-bond donors (Lipinski definition) is 0. The highest BCUT2D eigenvalue weighted by Gasteiger charge is 2.37. The van der Waals surface area contributed by atoms with Gasteiger partial charge in [0.25, 0.3) is 0 Å². The first-order chi connectivity index (χ1) is 45.1. The van der Waals surface area contributed by atoms with Crippen molar-refractivity contribution in [1.29, 1.82) is 0 Å². The molecule has 0 radical (unpaired) electrons. The number of hydrogen-bond acceptors (Lipinski definition) is 3. The molecule has 0 saturated carbocycles. The molecule has 2 aliphatic rings. The molecule has 0 aliphatic heterocycles. The van der Waals surface area contributed by atoms with Crippen molar-refractivity contribution in [3.8, 4) is 112 Å². The SMILES string of the molecule is CC1(C)c2ccccc2-c2ccc(-c3ccc4c(c3)c3ccccc3n4-c3cccc(-c4nc(-c5cccc(-n6c7ccccc7c7cc(-c8ccc9c(c8)C(C)(C)c8ccccc8-9)ccc76)c5)nc(-c5cc(-c6ccccc6)ccc5-c5ccccc5)n4)c3)cc21. The molecule has 3 heterocycles. The number of nitrogens with zero attached hydrogens (tertiary/aromatic N) is 5. The van der Waals surface area contributed by atoms with Crippen molar-refractivity contribution >= 4 is 43.6 Å². The van der Waals surface area contributed by atoms with Gasteiger partial charge >= 0.3 is 0 Å². The van der Waals surface area contributed by atoms with Crippen molar-refractivity contribution in [1.82, 2.24) is 24.1 Å². The van der Waals surface area contributed by atoms with E-state index in [-0.39, 0.29) is 10.8 Å². The van der Waals surface area contributed by atoms with E-state index in [4.69, 9.17) is 15.0 Å². The Bertz CT molecular complexity index is 5420. The maximum Gasteiger partial charge on any atom is 0.164 e. The summed E-state index contributed by atoms with van der Waals surface area (Å²) in [6.07, 6.45) is 0. The second kappa shape index (κ2) is 20.5. The van der Waals surface area contributed by atoms with Gasteiger partial charge in [-0.15, -0.1) is 0 Å². The Morgan fingerprint density at radius 1 is 0.217 bits per heavy atom. The summed E-state index contributed by atoms with van der Waals surface area (Å²) in [5.74, 6) is 1.74. The second-order valence-corrected chi connectivity index (χ2v) is 25.9. The van der Waals surface area contributed by atoms with Gasteiger partial charge in [0.05, 0.1) is 22.1 Å². The van der Waals surface area contributed by atoms with Crippen LogP contribution in [0.25, 0.3) is 156 Å². The van der Waals surface area contributed by atoms with Crippen LogP contribution in [-0.4, -0.2) is 24.1 Å². The lowest BCUT2D eigenvalue weighted by Gasteiger charge is -2.22. The van der Waals surface area contributed by atoms with Crippen molar-refractivity contribution in [3.05, 3.63) is 320 Å². The lowest BCUT2D eigenvalue weighted by Crippen LogP contribution is -2.14. The van der Waals surface area contributed by atoms with Crippen molar-refractivity contribution in [2.24, 2.45) is 0 Å². The number of fused-ring (bicyclic) bond motifs is 12. The van der Waals surface area contributed by atoms with Crippen LogP contribution >= 0.6 is 0 Å². The van der Waals surface area contributed by atoms with Crippen LogP contribution in [0.4, 0.5) is 0 Å². The average molecular weight is 1180 g/mol. The Balaban J connectivity index is 0.781. The van der Waals surface area contributed by atoms with E-state index in [9.17, 15) is 0 Å². The lowest BCUT2D eigenvalue weighted by molar-refractivity contribution is 0.660. The predicted molar refractivity (Wildman–Crippen MR) is 382 cm³/mol. The molecule has 0 atom stereocenters. The van der Waals surface area contributed by atoms with E-state index >= 15 is 0 Å².